The number of nitrogens with one attached hydrogen (secondary N) is 1. The van der Waals surface area contributed by atoms with Crippen LogP contribution >= 0.6 is 0 Å². The number of carbonyl (C=O) groups excluding carboxylic acids is 2. The summed E-state index contributed by atoms with van der Waals surface area (Å²) in [5.74, 6) is 1.07. The van der Waals surface area contributed by atoms with E-state index in [4.69, 9.17) is 0 Å². The van der Waals surface area contributed by atoms with E-state index in [2.05, 4.69) is 14.9 Å². The van der Waals surface area contributed by atoms with Crippen molar-refractivity contribution >= 4 is 11.8 Å². The van der Waals surface area contributed by atoms with E-state index in [1.165, 1.54) is 6.92 Å². The minimum absolute atomic E-state index is 0.00809. The van der Waals surface area contributed by atoms with Gasteiger partial charge in [0, 0.05) is 44.9 Å². The highest BCUT2D eigenvalue weighted by atomic mass is 16.2. The second-order valence-electron chi connectivity index (χ2n) is 5.61. The van der Waals surface area contributed by atoms with Gasteiger partial charge in [0.1, 0.15) is 11.9 Å². The molecule has 1 N–H and O–H groups in total. The van der Waals surface area contributed by atoms with Crippen LogP contribution < -0.4 is 5.32 Å². The van der Waals surface area contributed by atoms with Crippen molar-refractivity contribution in [3.05, 3.63) is 18.2 Å². The molecule has 1 fully saturated rings. The zero-order valence-corrected chi connectivity index (χ0v) is 11.7. The van der Waals surface area contributed by atoms with Crippen molar-refractivity contribution in [2.75, 3.05) is 6.54 Å². The van der Waals surface area contributed by atoms with Gasteiger partial charge in [0.2, 0.25) is 11.8 Å². The van der Waals surface area contributed by atoms with Crippen LogP contribution in [-0.2, 0) is 22.6 Å². The molecule has 0 unspecified atom stereocenters. The maximum Gasteiger partial charge on any atom is 0.243 e. The second kappa shape index (κ2) is 5.26. The van der Waals surface area contributed by atoms with Crippen LogP contribution in [0.4, 0.5) is 0 Å². The number of rotatable bonds is 2. The van der Waals surface area contributed by atoms with Crippen LogP contribution in [0.1, 0.15) is 32.0 Å². The number of fused-ring (bicyclic) bond motifs is 1. The number of amides is 2. The Morgan fingerprint density at radius 1 is 1.40 bits per heavy atom. The van der Waals surface area contributed by atoms with Crippen molar-refractivity contribution < 1.29 is 9.59 Å². The van der Waals surface area contributed by atoms with Crippen molar-refractivity contribution in [1.29, 1.82) is 0 Å². The lowest BCUT2D eigenvalue weighted by Gasteiger charge is -2.28. The molecule has 6 heteroatoms. The van der Waals surface area contributed by atoms with Gasteiger partial charge in [-0.05, 0) is 19.3 Å². The molecule has 2 atom stereocenters. The number of nitrogens with zero attached hydrogens (tertiary/aromatic N) is 3. The molecule has 20 heavy (non-hydrogen) atoms. The quantitative estimate of drug-likeness (QED) is 0.846. The first-order valence-electron chi connectivity index (χ1n) is 7.23. The molecule has 2 amide bonds. The molecular formula is C14H20N4O2. The Bertz CT molecular complexity index is 525. The molecule has 0 spiro atoms. The summed E-state index contributed by atoms with van der Waals surface area (Å²) in [4.78, 5) is 29.8. The van der Waals surface area contributed by atoms with Crippen LogP contribution in [0, 0.1) is 0 Å². The Hall–Kier alpha value is -1.85. The minimum Gasteiger partial charge on any atom is -0.350 e. The van der Waals surface area contributed by atoms with Crippen molar-refractivity contribution in [3.63, 3.8) is 0 Å². The van der Waals surface area contributed by atoms with E-state index in [1.807, 2.05) is 6.20 Å². The Kier molecular flexibility index (Phi) is 3.46. The fourth-order valence-corrected chi connectivity index (χ4v) is 3.20. The number of hydrogen-bond donors (Lipinski definition) is 1. The van der Waals surface area contributed by atoms with E-state index in [9.17, 15) is 9.59 Å². The molecule has 0 aromatic carbocycles. The standard InChI is InChI=1S/C14H20N4O2/c1-10(19)18-7-2-3-12(18)14(20)16-11-4-5-13-15-6-8-17(13)9-11/h6,8,11-12H,2-5,7,9H2,1H3,(H,16,20)/t11-,12+/m1/s1. The van der Waals surface area contributed by atoms with Gasteiger partial charge in [-0.3, -0.25) is 9.59 Å². The summed E-state index contributed by atoms with van der Waals surface area (Å²) < 4.78 is 2.09. The topological polar surface area (TPSA) is 67.2 Å². The summed E-state index contributed by atoms with van der Waals surface area (Å²) in [6, 6.07) is -0.143. The van der Waals surface area contributed by atoms with Gasteiger partial charge < -0.3 is 14.8 Å². The summed E-state index contributed by atoms with van der Waals surface area (Å²) in [6.07, 6.45) is 7.23. The van der Waals surface area contributed by atoms with E-state index < -0.39 is 0 Å². The van der Waals surface area contributed by atoms with Gasteiger partial charge in [-0.25, -0.2) is 4.98 Å². The molecule has 2 aliphatic rings. The Morgan fingerprint density at radius 3 is 3.05 bits per heavy atom. The molecule has 108 valence electrons. The normalized spacial score (nSPS) is 25.4. The van der Waals surface area contributed by atoms with Crippen LogP contribution in [-0.4, -0.2) is 44.9 Å². The molecule has 3 rings (SSSR count). The summed E-state index contributed by atoms with van der Waals surface area (Å²) in [7, 11) is 0. The van der Waals surface area contributed by atoms with Crippen molar-refractivity contribution in [1.82, 2.24) is 19.8 Å². The van der Waals surface area contributed by atoms with Crippen molar-refractivity contribution in [2.24, 2.45) is 0 Å². The van der Waals surface area contributed by atoms with Gasteiger partial charge in [0.15, 0.2) is 0 Å². The molecule has 1 aromatic rings. The highest BCUT2D eigenvalue weighted by Gasteiger charge is 2.33. The number of aromatic nitrogens is 2. The lowest BCUT2D eigenvalue weighted by molar-refractivity contribution is -0.137. The summed E-state index contributed by atoms with van der Waals surface area (Å²) >= 11 is 0. The first-order chi connectivity index (χ1) is 9.65. The first-order valence-corrected chi connectivity index (χ1v) is 7.23. The Labute approximate surface area is 118 Å². The molecule has 6 nitrogen and oxygen atoms in total. The van der Waals surface area contributed by atoms with Gasteiger partial charge in [-0.2, -0.15) is 0 Å². The molecule has 3 heterocycles. The largest absolute Gasteiger partial charge is 0.350 e. The zero-order chi connectivity index (χ0) is 14.1. The van der Waals surface area contributed by atoms with E-state index in [0.29, 0.717) is 6.54 Å². The van der Waals surface area contributed by atoms with Gasteiger partial charge in [0.25, 0.3) is 0 Å². The average molecular weight is 276 g/mol. The van der Waals surface area contributed by atoms with Crippen LogP contribution in [0.15, 0.2) is 12.4 Å². The van der Waals surface area contributed by atoms with E-state index >= 15 is 0 Å². The first kappa shape index (κ1) is 13.1. The number of hydrogen-bond acceptors (Lipinski definition) is 3. The third-order valence-electron chi connectivity index (χ3n) is 4.24. The summed E-state index contributed by atoms with van der Waals surface area (Å²) in [5, 5.41) is 3.09. The molecular weight excluding hydrogens is 256 g/mol. The van der Waals surface area contributed by atoms with Crippen LogP contribution in [0.3, 0.4) is 0 Å². The van der Waals surface area contributed by atoms with Crippen molar-refractivity contribution in [3.8, 4) is 0 Å². The molecule has 1 aromatic heterocycles. The predicted octanol–water partition coefficient (Wildman–Crippen LogP) is 0.325. The molecule has 0 radical (unpaired) electrons. The van der Waals surface area contributed by atoms with Crippen LogP contribution in [0.2, 0.25) is 0 Å². The number of imidazole rings is 1. The maximum absolute atomic E-state index is 12.3. The summed E-state index contributed by atoms with van der Waals surface area (Å²) in [6.45, 7) is 3.00. The third kappa shape index (κ3) is 2.42. The zero-order valence-electron chi connectivity index (χ0n) is 11.7. The second-order valence-corrected chi connectivity index (χ2v) is 5.61. The fraction of sp³-hybridized carbons (Fsp3) is 0.643. The smallest absolute Gasteiger partial charge is 0.243 e. The lowest BCUT2D eigenvalue weighted by Crippen LogP contribution is -2.50. The highest BCUT2D eigenvalue weighted by molar-refractivity contribution is 5.87. The monoisotopic (exact) mass is 276 g/mol. The summed E-state index contributed by atoms with van der Waals surface area (Å²) in [5.41, 5.74) is 0. The van der Waals surface area contributed by atoms with Gasteiger partial charge in [-0.1, -0.05) is 0 Å². The average Bonchev–Trinajstić information content (AvgIpc) is 3.06. The number of carbonyl (C=O) groups is 2. The van der Waals surface area contributed by atoms with E-state index in [0.717, 1.165) is 38.1 Å². The lowest BCUT2D eigenvalue weighted by atomic mass is 10.1. The van der Waals surface area contributed by atoms with E-state index in [1.54, 1.807) is 11.1 Å². The third-order valence-corrected chi connectivity index (χ3v) is 4.24. The van der Waals surface area contributed by atoms with E-state index in [-0.39, 0.29) is 23.9 Å². The Morgan fingerprint density at radius 2 is 2.25 bits per heavy atom. The SMILES string of the molecule is CC(=O)N1CCC[C@H]1C(=O)N[C@@H]1CCc2nccn2C1. The Balaban J connectivity index is 1.61. The fourth-order valence-electron chi connectivity index (χ4n) is 3.20. The highest BCUT2D eigenvalue weighted by Crippen LogP contribution is 2.19. The number of aryl methyl sites for hydroxylation is 1. The molecule has 0 saturated carbocycles. The van der Waals surface area contributed by atoms with Gasteiger partial charge in [0.05, 0.1) is 0 Å². The number of likely N-dealkylation sites (tertiary alicyclic amines) is 1. The molecule has 0 aliphatic carbocycles. The molecule has 2 aliphatic heterocycles. The maximum atomic E-state index is 12.3. The molecule has 1 saturated heterocycles. The van der Waals surface area contributed by atoms with Crippen LogP contribution in [0.25, 0.3) is 0 Å². The van der Waals surface area contributed by atoms with Crippen LogP contribution in [0.5, 0.6) is 0 Å². The van der Waals surface area contributed by atoms with Gasteiger partial charge in [-0.15, -0.1) is 0 Å². The molecule has 0 bridgehead atoms. The minimum atomic E-state index is -0.281. The van der Waals surface area contributed by atoms with Gasteiger partial charge >= 0.3 is 0 Å². The predicted molar refractivity (Wildman–Crippen MR) is 72.9 cm³/mol. The van der Waals surface area contributed by atoms with Crippen molar-refractivity contribution in [2.45, 2.75) is 51.2 Å².